The van der Waals surface area contributed by atoms with E-state index < -0.39 is 10.0 Å². The number of rotatable bonds is 4. The van der Waals surface area contributed by atoms with Crippen molar-refractivity contribution < 1.29 is 13.2 Å². The van der Waals surface area contributed by atoms with E-state index in [2.05, 4.69) is 4.72 Å². The Kier molecular flexibility index (Phi) is 4.18. The lowest BCUT2D eigenvalue weighted by Crippen LogP contribution is -2.23. The van der Waals surface area contributed by atoms with Gasteiger partial charge in [-0.3, -0.25) is 0 Å². The van der Waals surface area contributed by atoms with Gasteiger partial charge in [0, 0.05) is 11.6 Å². The maximum absolute atomic E-state index is 11.8. The van der Waals surface area contributed by atoms with Gasteiger partial charge in [-0.1, -0.05) is 18.5 Å². The highest BCUT2D eigenvalue weighted by molar-refractivity contribution is 7.89. The van der Waals surface area contributed by atoms with Gasteiger partial charge in [-0.15, -0.1) is 0 Å². The van der Waals surface area contributed by atoms with Gasteiger partial charge >= 0.3 is 0 Å². The number of nitrogens with one attached hydrogen (secondary N) is 1. The second-order valence-corrected chi connectivity index (χ2v) is 5.40. The van der Waals surface area contributed by atoms with Gasteiger partial charge < -0.3 is 4.74 Å². The van der Waals surface area contributed by atoms with E-state index in [4.69, 9.17) is 16.3 Å². The molecule has 0 heterocycles. The monoisotopic (exact) mass is 263 g/mol. The molecule has 0 aliphatic rings. The third-order valence-electron chi connectivity index (χ3n) is 2.07. The van der Waals surface area contributed by atoms with Crippen molar-refractivity contribution in [2.45, 2.75) is 18.7 Å². The molecule has 1 N–H and O–H groups in total. The topological polar surface area (TPSA) is 55.4 Å². The normalized spacial score (nSPS) is 11.5. The van der Waals surface area contributed by atoms with Crippen molar-refractivity contribution in [1.82, 2.24) is 4.72 Å². The van der Waals surface area contributed by atoms with E-state index in [1.165, 1.54) is 13.2 Å². The van der Waals surface area contributed by atoms with Crippen LogP contribution in [0.1, 0.15) is 12.5 Å². The molecular weight excluding hydrogens is 250 g/mol. The van der Waals surface area contributed by atoms with E-state index in [0.29, 0.717) is 17.3 Å². The summed E-state index contributed by atoms with van der Waals surface area (Å²) in [5.74, 6) is 0.294. The number of benzene rings is 1. The molecule has 0 amide bonds. The molecule has 4 nitrogen and oxygen atoms in total. The molecular formula is C10H14ClNO3S. The minimum atomic E-state index is -3.55. The molecule has 90 valence electrons. The number of hydrogen-bond donors (Lipinski definition) is 1. The van der Waals surface area contributed by atoms with E-state index in [9.17, 15) is 8.42 Å². The zero-order chi connectivity index (χ0) is 12.3. The van der Waals surface area contributed by atoms with E-state index in [1.54, 1.807) is 19.9 Å². The zero-order valence-corrected chi connectivity index (χ0v) is 10.9. The molecule has 0 saturated heterocycles. The summed E-state index contributed by atoms with van der Waals surface area (Å²) in [4.78, 5) is 0.0625. The molecule has 0 aliphatic carbocycles. The lowest BCUT2D eigenvalue weighted by molar-refractivity contribution is 0.402. The van der Waals surface area contributed by atoms with Crippen molar-refractivity contribution >= 4 is 21.6 Å². The number of methoxy groups -OCH3 is 1. The standard InChI is InChI=1S/C10H14ClNO3S/c1-4-12-16(13,14)10-6-8(11)7(2)5-9(10)15-3/h5-6,12H,4H2,1-3H3. The van der Waals surface area contributed by atoms with E-state index in [0.717, 1.165) is 5.56 Å². The average Bonchev–Trinajstić information content (AvgIpc) is 2.21. The van der Waals surface area contributed by atoms with Crippen molar-refractivity contribution in [3.63, 3.8) is 0 Å². The molecule has 1 aromatic rings. The van der Waals surface area contributed by atoms with Crippen LogP contribution in [0.2, 0.25) is 5.02 Å². The molecule has 1 aromatic carbocycles. The Morgan fingerprint density at radius 3 is 2.56 bits per heavy atom. The van der Waals surface area contributed by atoms with Crippen LogP contribution >= 0.6 is 11.6 Å². The van der Waals surface area contributed by atoms with Crippen LogP contribution in [0.4, 0.5) is 0 Å². The molecule has 1 rings (SSSR count). The first-order valence-electron chi connectivity index (χ1n) is 4.76. The molecule has 0 bridgehead atoms. The molecule has 6 heteroatoms. The number of halogens is 1. The van der Waals surface area contributed by atoms with E-state index in [1.807, 2.05) is 0 Å². The Morgan fingerprint density at radius 2 is 2.06 bits per heavy atom. The third-order valence-corrected chi connectivity index (χ3v) is 4.04. The summed E-state index contributed by atoms with van der Waals surface area (Å²) in [7, 11) is -2.13. The Morgan fingerprint density at radius 1 is 1.44 bits per heavy atom. The number of hydrogen-bond acceptors (Lipinski definition) is 3. The van der Waals surface area contributed by atoms with Gasteiger partial charge in [0.15, 0.2) is 0 Å². The van der Waals surface area contributed by atoms with Crippen LogP contribution in [0, 0.1) is 6.92 Å². The SMILES string of the molecule is CCNS(=O)(=O)c1cc(Cl)c(C)cc1OC. The highest BCUT2D eigenvalue weighted by Crippen LogP contribution is 2.29. The van der Waals surface area contributed by atoms with Gasteiger partial charge in [-0.05, 0) is 24.6 Å². The second-order valence-electron chi connectivity index (χ2n) is 3.25. The average molecular weight is 264 g/mol. The van der Waals surface area contributed by atoms with Crippen LogP contribution in [0.5, 0.6) is 5.75 Å². The number of ether oxygens (including phenoxy) is 1. The summed E-state index contributed by atoms with van der Waals surface area (Å²) in [6, 6.07) is 3.00. The molecule has 0 aliphatic heterocycles. The molecule has 0 aromatic heterocycles. The largest absolute Gasteiger partial charge is 0.495 e. The molecule has 16 heavy (non-hydrogen) atoms. The molecule has 0 spiro atoms. The summed E-state index contributed by atoms with van der Waals surface area (Å²) >= 11 is 5.90. The van der Waals surface area contributed by atoms with Crippen LogP contribution in [-0.2, 0) is 10.0 Å². The van der Waals surface area contributed by atoms with Crippen molar-refractivity contribution in [2.75, 3.05) is 13.7 Å². The van der Waals surface area contributed by atoms with Gasteiger partial charge in [0.05, 0.1) is 7.11 Å². The molecule has 0 unspecified atom stereocenters. The minimum absolute atomic E-state index is 0.0625. The second kappa shape index (κ2) is 5.03. The number of aryl methyl sites for hydroxylation is 1. The lowest BCUT2D eigenvalue weighted by Gasteiger charge is -2.11. The van der Waals surface area contributed by atoms with Gasteiger partial charge in [-0.25, -0.2) is 13.1 Å². The zero-order valence-electron chi connectivity index (χ0n) is 9.37. The fourth-order valence-corrected chi connectivity index (χ4v) is 2.72. The predicted molar refractivity (Wildman–Crippen MR) is 63.6 cm³/mol. The fourth-order valence-electron chi connectivity index (χ4n) is 1.27. The highest BCUT2D eigenvalue weighted by Gasteiger charge is 2.19. The van der Waals surface area contributed by atoms with Crippen LogP contribution < -0.4 is 9.46 Å². The van der Waals surface area contributed by atoms with Crippen molar-refractivity contribution in [3.05, 3.63) is 22.7 Å². The first kappa shape index (κ1) is 13.3. The predicted octanol–water partition coefficient (Wildman–Crippen LogP) is 1.96. The Hall–Kier alpha value is -0.780. The Balaban J connectivity index is 3.38. The molecule has 0 saturated carbocycles. The van der Waals surface area contributed by atoms with Crippen LogP contribution in [-0.4, -0.2) is 22.1 Å². The van der Waals surface area contributed by atoms with Gasteiger partial charge in [0.25, 0.3) is 0 Å². The minimum Gasteiger partial charge on any atom is -0.495 e. The van der Waals surface area contributed by atoms with Crippen LogP contribution in [0.25, 0.3) is 0 Å². The third kappa shape index (κ3) is 2.66. The van der Waals surface area contributed by atoms with Crippen molar-refractivity contribution in [1.29, 1.82) is 0 Å². The van der Waals surface area contributed by atoms with Crippen LogP contribution in [0.15, 0.2) is 17.0 Å². The summed E-state index contributed by atoms with van der Waals surface area (Å²) in [6.45, 7) is 3.81. The highest BCUT2D eigenvalue weighted by atomic mass is 35.5. The molecule has 0 fully saturated rings. The lowest BCUT2D eigenvalue weighted by atomic mass is 10.2. The van der Waals surface area contributed by atoms with Gasteiger partial charge in [0.1, 0.15) is 10.6 Å². The van der Waals surface area contributed by atoms with Crippen molar-refractivity contribution in [2.24, 2.45) is 0 Å². The molecule has 0 atom stereocenters. The smallest absolute Gasteiger partial charge is 0.244 e. The van der Waals surface area contributed by atoms with Crippen molar-refractivity contribution in [3.8, 4) is 5.75 Å². The summed E-state index contributed by atoms with van der Waals surface area (Å²) < 4.78 is 31.1. The fraction of sp³-hybridized carbons (Fsp3) is 0.400. The number of sulfonamides is 1. The van der Waals surface area contributed by atoms with Gasteiger partial charge in [-0.2, -0.15) is 0 Å². The summed E-state index contributed by atoms with van der Waals surface area (Å²) in [5, 5.41) is 0.400. The van der Waals surface area contributed by atoms with E-state index in [-0.39, 0.29) is 4.90 Å². The van der Waals surface area contributed by atoms with Gasteiger partial charge in [0.2, 0.25) is 10.0 Å². The maximum Gasteiger partial charge on any atom is 0.244 e. The van der Waals surface area contributed by atoms with E-state index >= 15 is 0 Å². The maximum atomic E-state index is 11.8. The quantitative estimate of drug-likeness (QED) is 0.903. The Labute approximate surface area is 101 Å². The Bertz CT molecular complexity index is 485. The first-order chi connectivity index (χ1) is 7.42. The first-order valence-corrected chi connectivity index (χ1v) is 6.62. The summed E-state index contributed by atoms with van der Waals surface area (Å²) in [6.07, 6.45) is 0. The summed E-state index contributed by atoms with van der Waals surface area (Å²) in [5.41, 5.74) is 0.772. The van der Waals surface area contributed by atoms with Crippen LogP contribution in [0.3, 0.4) is 0 Å². The molecule has 0 radical (unpaired) electrons.